The molecule has 1 aromatic carbocycles. The van der Waals surface area contributed by atoms with E-state index in [0.717, 1.165) is 48.1 Å². The van der Waals surface area contributed by atoms with E-state index in [2.05, 4.69) is 31.9 Å². The normalized spacial score (nSPS) is 42.5. The highest BCUT2D eigenvalue weighted by Crippen LogP contribution is 2.68. The smallest absolute Gasteiger partial charge is 0.226 e. The number of hydrogen-bond donors (Lipinski definition) is 0. The fraction of sp³-hybridized carbons (Fsp3) is 0.710. The average molecular weight is 495 g/mol. The van der Waals surface area contributed by atoms with Crippen molar-refractivity contribution >= 4 is 17.5 Å². The minimum Gasteiger partial charge on any atom is -0.342 e. The van der Waals surface area contributed by atoms with Crippen LogP contribution in [0, 0.1) is 34.5 Å². The molecule has 2 unspecified atom stereocenters. The molecule has 1 aromatic rings. The molecule has 1 saturated heterocycles. The Morgan fingerprint density at radius 3 is 2.74 bits per heavy atom. The van der Waals surface area contributed by atoms with Gasteiger partial charge >= 0.3 is 0 Å². The van der Waals surface area contributed by atoms with Gasteiger partial charge in [-0.05, 0) is 118 Å². The number of hydrogen-bond acceptors (Lipinski definition) is 2. The van der Waals surface area contributed by atoms with E-state index in [1.54, 1.807) is 5.57 Å². The van der Waals surface area contributed by atoms with E-state index in [4.69, 9.17) is 11.6 Å². The maximum atomic E-state index is 13.1. The zero-order valence-corrected chi connectivity index (χ0v) is 22.9. The van der Waals surface area contributed by atoms with Gasteiger partial charge in [0.05, 0.1) is 6.42 Å². The lowest BCUT2D eigenvalue weighted by Gasteiger charge is -2.58. The Labute approximate surface area is 217 Å². The van der Waals surface area contributed by atoms with E-state index in [-0.39, 0.29) is 5.91 Å². The van der Waals surface area contributed by atoms with Crippen molar-refractivity contribution < 1.29 is 4.79 Å². The summed E-state index contributed by atoms with van der Waals surface area (Å²) in [5, 5.41) is 0.704. The van der Waals surface area contributed by atoms with E-state index in [1.807, 2.05) is 36.2 Å². The highest BCUT2D eigenvalue weighted by atomic mass is 35.5. The minimum absolute atomic E-state index is 0.214. The molecule has 1 heterocycles. The third-order valence-electron chi connectivity index (χ3n) is 11.9. The van der Waals surface area contributed by atoms with E-state index in [0.29, 0.717) is 28.3 Å². The van der Waals surface area contributed by atoms with Crippen LogP contribution in [-0.4, -0.2) is 48.4 Å². The lowest BCUT2D eigenvalue weighted by atomic mass is 9.47. The predicted octanol–water partition coefficient (Wildman–Crippen LogP) is 6.60. The SMILES string of the molecule is C[C@H]1C2CC[C@H]3[C@@H]4CC=C5C[C@@H](N(C)C(=O)Cc6cccc(Cl)c6)CC[C@]5(C)C4CC[C@]23CN1C. The molecule has 1 spiro atoms. The fourth-order valence-electron chi connectivity index (χ4n) is 9.92. The van der Waals surface area contributed by atoms with Crippen LogP contribution < -0.4 is 0 Å². The molecule has 0 aromatic heterocycles. The topological polar surface area (TPSA) is 23.6 Å². The summed E-state index contributed by atoms with van der Waals surface area (Å²) < 4.78 is 0. The average Bonchev–Trinajstić information content (AvgIpc) is 3.31. The van der Waals surface area contributed by atoms with Crippen molar-refractivity contribution in [1.29, 1.82) is 0 Å². The predicted molar refractivity (Wildman–Crippen MR) is 143 cm³/mol. The molecular formula is C31H43ClN2O. The Morgan fingerprint density at radius 1 is 1.14 bits per heavy atom. The molecule has 3 nitrogen and oxygen atoms in total. The Hall–Kier alpha value is -1.32. The van der Waals surface area contributed by atoms with Crippen LogP contribution in [0.4, 0.5) is 0 Å². The summed E-state index contributed by atoms with van der Waals surface area (Å²) in [6.45, 7) is 6.41. The van der Waals surface area contributed by atoms with E-state index < -0.39 is 0 Å². The van der Waals surface area contributed by atoms with Crippen LogP contribution in [0.1, 0.15) is 70.8 Å². The van der Waals surface area contributed by atoms with E-state index in [9.17, 15) is 4.79 Å². The van der Waals surface area contributed by atoms with Crippen molar-refractivity contribution in [3.63, 3.8) is 0 Å². The van der Waals surface area contributed by atoms with Gasteiger partial charge in [0.15, 0.2) is 0 Å². The highest BCUT2D eigenvalue weighted by Gasteiger charge is 2.64. The number of allylic oxidation sites excluding steroid dienone is 1. The lowest BCUT2D eigenvalue weighted by Crippen LogP contribution is -2.53. The molecule has 5 aliphatic rings. The van der Waals surface area contributed by atoms with Crippen LogP contribution in [0.25, 0.3) is 0 Å². The number of rotatable bonds is 3. The maximum Gasteiger partial charge on any atom is 0.226 e. The Balaban J connectivity index is 1.17. The molecule has 0 N–H and O–H groups in total. The summed E-state index contributed by atoms with van der Waals surface area (Å²) in [6, 6.07) is 8.82. The monoisotopic (exact) mass is 494 g/mol. The first kappa shape index (κ1) is 24.0. The number of amides is 1. The molecule has 0 radical (unpaired) electrons. The molecular weight excluding hydrogens is 452 g/mol. The number of carbonyl (C=O) groups excluding carboxylic acids is 1. The number of halogens is 1. The number of benzene rings is 1. The van der Waals surface area contributed by atoms with Crippen LogP contribution in [0.15, 0.2) is 35.9 Å². The second-order valence-electron chi connectivity index (χ2n) is 13.1. The zero-order chi connectivity index (χ0) is 24.5. The molecule has 1 aliphatic heterocycles. The summed E-state index contributed by atoms with van der Waals surface area (Å²) in [5.74, 6) is 3.78. The zero-order valence-electron chi connectivity index (χ0n) is 22.1. The summed E-state index contributed by atoms with van der Waals surface area (Å²) in [7, 11) is 4.39. The van der Waals surface area contributed by atoms with Gasteiger partial charge in [-0.2, -0.15) is 0 Å². The number of nitrogens with zero attached hydrogens (tertiary/aromatic N) is 2. The third kappa shape index (κ3) is 3.66. The van der Waals surface area contributed by atoms with Crippen LogP contribution in [0.5, 0.6) is 0 Å². The van der Waals surface area contributed by atoms with Gasteiger partial charge in [0.25, 0.3) is 0 Å². The quantitative estimate of drug-likeness (QED) is 0.442. The van der Waals surface area contributed by atoms with Gasteiger partial charge in [-0.3, -0.25) is 4.79 Å². The largest absolute Gasteiger partial charge is 0.342 e. The van der Waals surface area contributed by atoms with Crippen molar-refractivity contribution in [2.45, 2.75) is 83.7 Å². The molecule has 8 atom stereocenters. The summed E-state index contributed by atoms with van der Waals surface area (Å²) in [5.41, 5.74) is 3.61. The van der Waals surface area contributed by atoms with Crippen LogP contribution in [0.2, 0.25) is 5.02 Å². The summed E-state index contributed by atoms with van der Waals surface area (Å²) in [4.78, 5) is 17.8. The van der Waals surface area contributed by atoms with Crippen molar-refractivity contribution in [3.8, 4) is 0 Å². The van der Waals surface area contributed by atoms with Gasteiger partial charge in [0.2, 0.25) is 5.91 Å². The van der Waals surface area contributed by atoms with Crippen molar-refractivity contribution in [3.05, 3.63) is 46.5 Å². The molecule has 6 rings (SSSR count). The Morgan fingerprint density at radius 2 is 1.94 bits per heavy atom. The number of fused-ring (bicyclic) bond motifs is 4. The summed E-state index contributed by atoms with van der Waals surface area (Å²) >= 11 is 6.15. The summed E-state index contributed by atoms with van der Waals surface area (Å²) in [6.07, 6.45) is 13.6. The first-order valence-electron chi connectivity index (χ1n) is 14.1. The van der Waals surface area contributed by atoms with Crippen LogP contribution in [-0.2, 0) is 11.2 Å². The van der Waals surface area contributed by atoms with Gasteiger partial charge in [-0.1, -0.05) is 42.3 Å². The molecule has 190 valence electrons. The highest BCUT2D eigenvalue weighted by molar-refractivity contribution is 6.30. The third-order valence-corrected chi connectivity index (χ3v) is 12.1. The first-order valence-corrected chi connectivity index (χ1v) is 14.5. The van der Waals surface area contributed by atoms with Gasteiger partial charge < -0.3 is 9.80 Å². The number of likely N-dealkylation sites (tertiary alicyclic amines) is 1. The molecule has 0 bridgehead atoms. The van der Waals surface area contributed by atoms with Crippen molar-refractivity contribution in [2.75, 3.05) is 20.6 Å². The lowest BCUT2D eigenvalue weighted by molar-refractivity contribution is -0.132. The fourth-order valence-corrected chi connectivity index (χ4v) is 10.1. The van der Waals surface area contributed by atoms with Gasteiger partial charge in [-0.25, -0.2) is 0 Å². The van der Waals surface area contributed by atoms with Crippen molar-refractivity contribution in [1.82, 2.24) is 9.80 Å². The number of carbonyl (C=O) groups is 1. The maximum absolute atomic E-state index is 13.1. The molecule has 4 fully saturated rings. The van der Waals surface area contributed by atoms with E-state index >= 15 is 0 Å². The Bertz CT molecular complexity index is 1040. The Kier molecular flexibility index (Phi) is 5.92. The standard InChI is InChI=1S/C31H43ClN2O/c1-20-26-10-11-28-25-9-8-22-18-24(34(4)29(35)17-21-6-5-7-23(32)16-21)12-14-30(22,2)27(25)13-15-31(26,28)19-33(20)3/h5-8,16,20,24-28H,9-15,17-19H2,1-4H3/t20-,24-,25+,26?,27?,28-,30-,31-/m0/s1. The molecule has 3 saturated carbocycles. The van der Waals surface area contributed by atoms with Gasteiger partial charge in [-0.15, -0.1) is 0 Å². The van der Waals surface area contributed by atoms with Gasteiger partial charge in [0.1, 0.15) is 0 Å². The molecule has 4 aliphatic carbocycles. The van der Waals surface area contributed by atoms with Crippen LogP contribution >= 0.6 is 11.6 Å². The van der Waals surface area contributed by atoms with Crippen LogP contribution in [0.3, 0.4) is 0 Å². The minimum atomic E-state index is 0.214. The molecule has 35 heavy (non-hydrogen) atoms. The van der Waals surface area contributed by atoms with E-state index in [1.165, 1.54) is 45.1 Å². The number of likely N-dealkylation sites (N-methyl/N-ethyl adjacent to an activating group) is 1. The second-order valence-corrected chi connectivity index (χ2v) is 13.5. The van der Waals surface area contributed by atoms with Crippen molar-refractivity contribution in [2.24, 2.45) is 34.5 Å². The second kappa shape index (κ2) is 8.62. The first-order chi connectivity index (χ1) is 16.7. The molecule has 1 amide bonds. The molecule has 4 heteroatoms. The van der Waals surface area contributed by atoms with Gasteiger partial charge in [0, 0.05) is 30.7 Å².